The summed E-state index contributed by atoms with van der Waals surface area (Å²) in [5.74, 6) is 1.50. The fraction of sp³-hybridized carbons (Fsp3) is 0.278. The monoisotopic (exact) mass is 264 g/mol. The van der Waals surface area contributed by atoms with Gasteiger partial charge in [0.15, 0.2) is 5.78 Å². The van der Waals surface area contributed by atoms with E-state index in [-0.39, 0.29) is 11.9 Å². The van der Waals surface area contributed by atoms with Gasteiger partial charge in [-0.05, 0) is 29.3 Å². The maximum Gasteiger partial charge on any atom is 0.168 e. The van der Waals surface area contributed by atoms with Crippen LogP contribution in [0.1, 0.15) is 36.2 Å². The molecule has 2 unspecified atom stereocenters. The van der Waals surface area contributed by atoms with Crippen molar-refractivity contribution in [2.75, 3.05) is 0 Å². The summed E-state index contributed by atoms with van der Waals surface area (Å²) in [4.78, 5) is 12.6. The molecule has 2 aromatic rings. The van der Waals surface area contributed by atoms with Crippen molar-refractivity contribution in [1.82, 2.24) is 0 Å². The number of ketones is 1. The number of carbonyl (C=O) groups excluding carboxylic acids is 1. The van der Waals surface area contributed by atoms with Crippen LogP contribution < -0.4 is 0 Å². The Labute approximate surface area is 118 Å². The molecule has 0 saturated heterocycles. The quantitative estimate of drug-likeness (QED) is 0.713. The topological polar surface area (TPSA) is 26.3 Å². The van der Waals surface area contributed by atoms with Crippen molar-refractivity contribution in [2.45, 2.75) is 26.4 Å². The van der Waals surface area contributed by atoms with Gasteiger partial charge in [-0.25, -0.2) is 0 Å². The Hall–Kier alpha value is -2.09. The fourth-order valence-electron chi connectivity index (χ4n) is 3.35. The van der Waals surface area contributed by atoms with E-state index in [0.717, 1.165) is 27.7 Å². The molecule has 0 spiro atoms. The first-order valence-corrected chi connectivity index (χ1v) is 7.12. The van der Waals surface area contributed by atoms with Gasteiger partial charge in [0.25, 0.3) is 0 Å². The van der Waals surface area contributed by atoms with E-state index in [9.17, 15) is 4.79 Å². The SMILES string of the molecule is CC1OC2=C(CC(=O)c3c2ccc2ccccc32)C1C. The van der Waals surface area contributed by atoms with Crippen molar-refractivity contribution in [1.29, 1.82) is 0 Å². The summed E-state index contributed by atoms with van der Waals surface area (Å²) >= 11 is 0. The van der Waals surface area contributed by atoms with Gasteiger partial charge >= 0.3 is 0 Å². The van der Waals surface area contributed by atoms with Crippen LogP contribution in [0.3, 0.4) is 0 Å². The normalized spacial score (nSPS) is 24.6. The zero-order chi connectivity index (χ0) is 13.9. The molecule has 100 valence electrons. The minimum atomic E-state index is 0.158. The van der Waals surface area contributed by atoms with Crippen molar-refractivity contribution < 1.29 is 9.53 Å². The number of hydrogen-bond acceptors (Lipinski definition) is 2. The molecule has 1 aliphatic carbocycles. The molecule has 0 radical (unpaired) electrons. The summed E-state index contributed by atoms with van der Waals surface area (Å²) in [5, 5.41) is 2.15. The van der Waals surface area contributed by atoms with E-state index in [0.29, 0.717) is 12.3 Å². The van der Waals surface area contributed by atoms with Gasteiger partial charge < -0.3 is 4.74 Å². The molecule has 0 N–H and O–H groups in total. The average Bonchev–Trinajstić information content (AvgIpc) is 2.75. The standard InChI is InChI=1S/C18H16O2/c1-10-11(2)20-18-14-8-7-12-5-3-4-6-13(12)17(14)16(19)9-15(10)18/h3-8,10-11H,9H2,1-2H3. The first-order chi connectivity index (χ1) is 9.66. The van der Waals surface area contributed by atoms with E-state index >= 15 is 0 Å². The molecule has 2 aliphatic rings. The Morgan fingerprint density at radius 3 is 2.75 bits per heavy atom. The molecule has 4 rings (SSSR count). The van der Waals surface area contributed by atoms with Crippen molar-refractivity contribution in [3.63, 3.8) is 0 Å². The molecule has 2 heteroatoms. The first-order valence-electron chi connectivity index (χ1n) is 7.12. The largest absolute Gasteiger partial charge is 0.489 e. The highest BCUT2D eigenvalue weighted by molar-refractivity contribution is 6.14. The zero-order valence-corrected chi connectivity index (χ0v) is 11.6. The third-order valence-corrected chi connectivity index (χ3v) is 4.65. The van der Waals surface area contributed by atoms with E-state index in [4.69, 9.17) is 4.74 Å². The number of Topliss-reactive ketones (excluding diaryl/α,β-unsaturated/α-hetero) is 1. The van der Waals surface area contributed by atoms with Crippen LogP contribution in [0.15, 0.2) is 42.0 Å². The van der Waals surface area contributed by atoms with Gasteiger partial charge in [-0.2, -0.15) is 0 Å². The molecule has 0 bridgehead atoms. The predicted octanol–water partition coefficient (Wildman–Crippen LogP) is 4.19. The van der Waals surface area contributed by atoms with Gasteiger partial charge in [0, 0.05) is 23.5 Å². The second-order valence-corrected chi connectivity index (χ2v) is 5.78. The lowest BCUT2D eigenvalue weighted by Gasteiger charge is -2.19. The molecule has 1 heterocycles. The summed E-state index contributed by atoms with van der Waals surface area (Å²) in [7, 11) is 0. The Kier molecular flexibility index (Phi) is 2.31. The third kappa shape index (κ3) is 1.42. The molecule has 20 heavy (non-hydrogen) atoms. The number of carbonyl (C=O) groups is 1. The molecule has 0 fully saturated rings. The Morgan fingerprint density at radius 2 is 1.90 bits per heavy atom. The van der Waals surface area contributed by atoms with Gasteiger partial charge in [-0.1, -0.05) is 37.3 Å². The molecule has 0 aromatic heterocycles. The van der Waals surface area contributed by atoms with E-state index in [1.165, 1.54) is 5.57 Å². The van der Waals surface area contributed by atoms with Crippen molar-refractivity contribution in [2.24, 2.45) is 5.92 Å². The lowest BCUT2D eigenvalue weighted by molar-refractivity contribution is 0.0990. The summed E-state index contributed by atoms with van der Waals surface area (Å²) in [6.07, 6.45) is 0.659. The van der Waals surface area contributed by atoms with Crippen LogP contribution in [0, 0.1) is 5.92 Å². The second kappa shape index (κ2) is 3.95. The summed E-state index contributed by atoms with van der Waals surface area (Å²) in [6.45, 7) is 4.22. The molecule has 0 saturated carbocycles. The van der Waals surface area contributed by atoms with Gasteiger partial charge in [0.2, 0.25) is 0 Å². The van der Waals surface area contributed by atoms with Gasteiger partial charge in [-0.3, -0.25) is 4.79 Å². The van der Waals surface area contributed by atoms with E-state index in [2.05, 4.69) is 19.9 Å². The van der Waals surface area contributed by atoms with Gasteiger partial charge in [0.05, 0.1) is 0 Å². The summed E-state index contributed by atoms with van der Waals surface area (Å²) in [6, 6.07) is 12.2. The second-order valence-electron chi connectivity index (χ2n) is 5.78. The predicted molar refractivity (Wildman–Crippen MR) is 79.5 cm³/mol. The molecule has 0 amide bonds. The Balaban J connectivity index is 2.04. The molecule has 2 atom stereocenters. The number of benzene rings is 2. The van der Waals surface area contributed by atoms with Crippen LogP contribution in [0.5, 0.6) is 0 Å². The molecule has 1 aliphatic heterocycles. The molecule has 2 aromatic carbocycles. The number of rotatable bonds is 0. The summed E-state index contributed by atoms with van der Waals surface area (Å²) in [5.41, 5.74) is 2.99. The lowest BCUT2D eigenvalue weighted by Crippen LogP contribution is -2.14. The van der Waals surface area contributed by atoms with Gasteiger partial charge in [0.1, 0.15) is 11.9 Å². The van der Waals surface area contributed by atoms with Gasteiger partial charge in [-0.15, -0.1) is 0 Å². The number of fused-ring (bicyclic) bond motifs is 4. The first kappa shape index (κ1) is 11.7. The van der Waals surface area contributed by atoms with Crippen LogP contribution in [-0.2, 0) is 4.74 Å². The maximum absolute atomic E-state index is 12.6. The minimum absolute atomic E-state index is 0.158. The van der Waals surface area contributed by atoms with Crippen molar-refractivity contribution in [3.05, 3.63) is 53.1 Å². The third-order valence-electron chi connectivity index (χ3n) is 4.65. The average molecular weight is 264 g/mol. The maximum atomic E-state index is 12.6. The minimum Gasteiger partial charge on any atom is -0.489 e. The van der Waals surface area contributed by atoms with Crippen LogP contribution in [-0.4, -0.2) is 11.9 Å². The zero-order valence-electron chi connectivity index (χ0n) is 11.6. The summed E-state index contributed by atoms with van der Waals surface area (Å²) < 4.78 is 6.03. The molecular weight excluding hydrogens is 248 g/mol. The highest BCUT2D eigenvalue weighted by Crippen LogP contribution is 2.44. The molecule has 2 nitrogen and oxygen atoms in total. The van der Waals surface area contributed by atoms with Crippen LogP contribution in [0.25, 0.3) is 16.5 Å². The lowest BCUT2D eigenvalue weighted by atomic mass is 9.82. The number of hydrogen-bond donors (Lipinski definition) is 0. The highest BCUT2D eigenvalue weighted by atomic mass is 16.5. The van der Waals surface area contributed by atoms with Crippen LogP contribution >= 0.6 is 0 Å². The number of ether oxygens (including phenoxy) is 1. The Morgan fingerprint density at radius 1 is 1.10 bits per heavy atom. The van der Waals surface area contributed by atoms with E-state index in [1.807, 2.05) is 30.3 Å². The molecular formula is C18H16O2. The van der Waals surface area contributed by atoms with Crippen molar-refractivity contribution in [3.8, 4) is 0 Å². The fourth-order valence-corrected chi connectivity index (χ4v) is 3.35. The highest BCUT2D eigenvalue weighted by Gasteiger charge is 2.37. The van der Waals surface area contributed by atoms with Crippen molar-refractivity contribution >= 4 is 22.3 Å². The van der Waals surface area contributed by atoms with Crippen LogP contribution in [0.2, 0.25) is 0 Å². The smallest absolute Gasteiger partial charge is 0.168 e. The van der Waals surface area contributed by atoms with E-state index < -0.39 is 0 Å². The van der Waals surface area contributed by atoms with Crippen LogP contribution in [0.4, 0.5) is 0 Å². The Bertz CT molecular complexity index is 770. The van der Waals surface area contributed by atoms with E-state index in [1.54, 1.807) is 0 Å².